The van der Waals surface area contributed by atoms with Crippen molar-refractivity contribution in [2.45, 2.75) is 25.0 Å². The second-order valence-electron chi connectivity index (χ2n) is 4.89. The zero-order valence-corrected chi connectivity index (χ0v) is 12.0. The predicted molar refractivity (Wildman–Crippen MR) is 76.8 cm³/mol. The summed E-state index contributed by atoms with van der Waals surface area (Å²) >= 11 is 6.07. The average Bonchev–Trinajstić information content (AvgIpc) is 3.11. The molecular weight excluding hydrogens is 292 g/mol. The van der Waals surface area contributed by atoms with Gasteiger partial charge < -0.3 is 10.1 Å². The molecule has 0 radical (unpaired) electrons. The van der Waals surface area contributed by atoms with Crippen LogP contribution in [0.1, 0.15) is 23.9 Å². The highest BCUT2D eigenvalue weighted by atomic mass is 35.5. The number of rotatable bonds is 4. The van der Waals surface area contributed by atoms with Crippen LogP contribution in [0.25, 0.3) is 0 Å². The van der Waals surface area contributed by atoms with Crippen LogP contribution in [-0.2, 0) is 16.0 Å². The summed E-state index contributed by atoms with van der Waals surface area (Å²) < 4.78 is 5.61. The summed E-state index contributed by atoms with van der Waals surface area (Å²) in [6.45, 7) is 0.586. The van der Waals surface area contributed by atoms with E-state index in [-0.39, 0.29) is 24.5 Å². The number of nitrogens with zero attached hydrogens (tertiary/aromatic N) is 2. The summed E-state index contributed by atoms with van der Waals surface area (Å²) in [6, 6.07) is 7.23. The minimum atomic E-state index is -0.275. The number of nitrogens with one attached hydrogen (secondary N) is 2. The van der Waals surface area contributed by atoms with E-state index in [4.69, 9.17) is 16.3 Å². The Balaban J connectivity index is 1.63. The van der Waals surface area contributed by atoms with Crippen LogP contribution in [0.15, 0.2) is 30.6 Å². The molecule has 0 aliphatic carbocycles. The highest BCUT2D eigenvalue weighted by Crippen LogP contribution is 2.26. The molecule has 6 nitrogen and oxygen atoms in total. The third-order valence-electron chi connectivity index (χ3n) is 3.45. The summed E-state index contributed by atoms with van der Waals surface area (Å²) in [7, 11) is 0. The Kier molecular flexibility index (Phi) is 4.17. The Labute approximate surface area is 126 Å². The van der Waals surface area contributed by atoms with Crippen molar-refractivity contribution in [3.63, 3.8) is 0 Å². The molecule has 2 aromatic rings. The highest BCUT2D eigenvalue weighted by Gasteiger charge is 2.32. The van der Waals surface area contributed by atoms with Gasteiger partial charge in [0, 0.05) is 11.6 Å². The van der Waals surface area contributed by atoms with Crippen LogP contribution in [0.5, 0.6) is 0 Å². The Morgan fingerprint density at radius 1 is 1.48 bits per heavy atom. The number of hydrogen-bond acceptors (Lipinski definition) is 4. The Morgan fingerprint density at radius 3 is 3.10 bits per heavy atom. The fraction of sp³-hybridized carbons (Fsp3) is 0.357. The standard InChI is InChI=1S/C14H15ClN4O2/c15-10-4-2-1-3-9(10)7-12(20)18-11-5-6-21-13(11)14-16-8-17-19-14/h1-4,8,11,13H,5-7H2,(H,18,20)(H,16,17,19)/t11-,13+/m0/s1. The lowest BCUT2D eigenvalue weighted by Crippen LogP contribution is -2.38. The first-order valence-electron chi connectivity index (χ1n) is 6.73. The molecule has 1 fully saturated rings. The van der Waals surface area contributed by atoms with Crippen LogP contribution in [0.3, 0.4) is 0 Å². The first kappa shape index (κ1) is 14.0. The Morgan fingerprint density at radius 2 is 2.33 bits per heavy atom. The fourth-order valence-corrected chi connectivity index (χ4v) is 2.63. The van der Waals surface area contributed by atoms with Gasteiger partial charge in [0.2, 0.25) is 5.91 Å². The van der Waals surface area contributed by atoms with E-state index in [0.717, 1.165) is 12.0 Å². The average molecular weight is 307 g/mol. The predicted octanol–water partition coefficient (Wildman–Crippen LogP) is 1.65. The van der Waals surface area contributed by atoms with Crippen LogP contribution in [0, 0.1) is 0 Å². The van der Waals surface area contributed by atoms with Gasteiger partial charge in [-0.1, -0.05) is 29.8 Å². The van der Waals surface area contributed by atoms with Crippen molar-refractivity contribution in [2.24, 2.45) is 0 Å². The van der Waals surface area contributed by atoms with Gasteiger partial charge in [-0.2, -0.15) is 5.10 Å². The van der Waals surface area contributed by atoms with Crippen LogP contribution in [0.2, 0.25) is 5.02 Å². The topological polar surface area (TPSA) is 79.9 Å². The molecule has 0 saturated carbocycles. The zero-order valence-electron chi connectivity index (χ0n) is 11.3. The van der Waals surface area contributed by atoms with E-state index in [1.807, 2.05) is 18.2 Å². The quantitative estimate of drug-likeness (QED) is 0.900. The van der Waals surface area contributed by atoms with Crippen molar-refractivity contribution in [1.82, 2.24) is 20.5 Å². The van der Waals surface area contributed by atoms with Crippen molar-refractivity contribution in [2.75, 3.05) is 6.61 Å². The summed E-state index contributed by atoms with van der Waals surface area (Å²) in [5, 5.41) is 10.2. The minimum absolute atomic E-state index is 0.0804. The van der Waals surface area contributed by atoms with E-state index < -0.39 is 0 Å². The van der Waals surface area contributed by atoms with Crippen molar-refractivity contribution in [3.05, 3.63) is 47.0 Å². The molecule has 2 atom stereocenters. The number of ether oxygens (including phenoxy) is 1. The zero-order chi connectivity index (χ0) is 14.7. The van der Waals surface area contributed by atoms with Gasteiger partial charge in [0.25, 0.3) is 0 Å². The number of H-pyrrole nitrogens is 1. The van der Waals surface area contributed by atoms with Gasteiger partial charge in [0.05, 0.1) is 12.5 Å². The molecule has 7 heteroatoms. The summed E-state index contributed by atoms with van der Waals surface area (Å²) in [5.74, 6) is 0.554. The second kappa shape index (κ2) is 6.24. The minimum Gasteiger partial charge on any atom is -0.368 e. The maximum Gasteiger partial charge on any atom is 0.224 e. The molecule has 21 heavy (non-hydrogen) atoms. The molecule has 1 amide bonds. The van der Waals surface area contributed by atoms with E-state index >= 15 is 0 Å². The largest absolute Gasteiger partial charge is 0.368 e. The number of carbonyl (C=O) groups excluding carboxylic acids is 1. The summed E-state index contributed by atoms with van der Waals surface area (Å²) in [6.07, 6.45) is 2.15. The van der Waals surface area contributed by atoms with Crippen LogP contribution in [-0.4, -0.2) is 33.7 Å². The monoisotopic (exact) mass is 306 g/mol. The van der Waals surface area contributed by atoms with Gasteiger partial charge in [-0.3, -0.25) is 9.89 Å². The second-order valence-corrected chi connectivity index (χ2v) is 5.30. The molecule has 3 rings (SSSR count). The van der Waals surface area contributed by atoms with E-state index in [0.29, 0.717) is 17.5 Å². The SMILES string of the molecule is O=C(Cc1ccccc1Cl)N[C@H]1CCO[C@H]1c1ncn[nH]1. The molecule has 1 aromatic carbocycles. The molecule has 1 aromatic heterocycles. The smallest absolute Gasteiger partial charge is 0.224 e. The summed E-state index contributed by atoms with van der Waals surface area (Å²) in [4.78, 5) is 16.3. The third kappa shape index (κ3) is 3.22. The first-order valence-corrected chi connectivity index (χ1v) is 7.11. The highest BCUT2D eigenvalue weighted by molar-refractivity contribution is 6.31. The van der Waals surface area contributed by atoms with Crippen molar-refractivity contribution < 1.29 is 9.53 Å². The molecule has 2 N–H and O–H groups in total. The molecule has 110 valence electrons. The van der Waals surface area contributed by atoms with Gasteiger partial charge in [0.1, 0.15) is 12.4 Å². The van der Waals surface area contributed by atoms with Crippen molar-refractivity contribution in [1.29, 1.82) is 0 Å². The van der Waals surface area contributed by atoms with E-state index in [1.165, 1.54) is 6.33 Å². The lowest BCUT2D eigenvalue weighted by molar-refractivity contribution is -0.121. The third-order valence-corrected chi connectivity index (χ3v) is 3.82. The van der Waals surface area contributed by atoms with Crippen molar-refractivity contribution >= 4 is 17.5 Å². The Hall–Kier alpha value is -1.92. The molecule has 1 aliphatic rings. The maximum atomic E-state index is 12.2. The molecular formula is C14H15ClN4O2. The van der Waals surface area contributed by atoms with Crippen LogP contribution in [0.4, 0.5) is 0 Å². The molecule has 0 spiro atoms. The van der Waals surface area contributed by atoms with Gasteiger partial charge in [-0.05, 0) is 18.1 Å². The molecule has 0 bridgehead atoms. The van der Waals surface area contributed by atoms with Crippen molar-refractivity contribution in [3.8, 4) is 0 Å². The lowest BCUT2D eigenvalue weighted by atomic mass is 10.1. The number of benzene rings is 1. The van der Waals surface area contributed by atoms with Gasteiger partial charge >= 0.3 is 0 Å². The first-order chi connectivity index (χ1) is 10.2. The number of halogens is 1. The van der Waals surface area contributed by atoms with Gasteiger partial charge in [0.15, 0.2) is 5.82 Å². The van der Waals surface area contributed by atoms with Gasteiger partial charge in [-0.25, -0.2) is 4.98 Å². The molecule has 2 heterocycles. The Bertz CT molecular complexity index is 617. The summed E-state index contributed by atoms with van der Waals surface area (Å²) in [5.41, 5.74) is 0.812. The maximum absolute atomic E-state index is 12.2. The number of aromatic amines is 1. The fourth-order valence-electron chi connectivity index (χ4n) is 2.43. The molecule has 1 aliphatic heterocycles. The molecule has 1 saturated heterocycles. The van der Waals surface area contributed by atoms with E-state index in [9.17, 15) is 4.79 Å². The normalized spacial score (nSPS) is 21.4. The van der Waals surface area contributed by atoms with E-state index in [1.54, 1.807) is 6.07 Å². The number of amides is 1. The number of carbonyl (C=O) groups is 1. The number of aromatic nitrogens is 3. The molecule has 0 unspecified atom stereocenters. The lowest BCUT2D eigenvalue weighted by Gasteiger charge is -2.18. The van der Waals surface area contributed by atoms with Crippen LogP contribution < -0.4 is 5.32 Å². The number of hydrogen-bond donors (Lipinski definition) is 2. The van der Waals surface area contributed by atoms with Gasteiger partial charge in [-0.15, -0.1) is 0 Å². The van der Waals surface area contributed by atoms with E-state index in [2.05, 4.69) is 20.5 Å². The van der Waals surface area contributed by atoms with Crippen LogP contribution >= 0.6 is 11.6 Å².